The van der Waals surface area contributed by atoms with Crippen LogP contribution in [0.1, 0.15) is 12.1 Å². The summed E-state index contributed by atoms with van der Waals surface area (Å²) in [5.74, 6) is 0.791. The zero-order valence-corrected chi connectivity index (χ0v) is 11.1. The minimum absolute atomic E-state index is 0.00435. The maximum Gasteiger partial charge on any atom is 0.260 e. The summed E-state index contributed by atoms with van der Waals surface area (Å²) in [5, 5.41) is 3.36. The number of hydrogen-bond acceptors (Lipinski definition) is 4. The van der Waals surface area contributed by atoms with Crippen LogP contribution in [-0.2, 0) is 0 Å². The highest BCUT2D eigenvalue weighted by Crippen LogP contribution is 2.12. The normalized spacial score (nSPS) is 16.6. The van der Waals surface area contributed by atoms with Crippen LogP contribution in [0, 0.1) is 6.92 Å². The molecule has 19 heavy (non-hydrogen) atoms. The SMILES string of the molecule is Cc1cccc2nc(N3CCCNCC3)cc(=O)n12. The van der Waals surface area contributed by atoms with Gasteiger partial charge in [-0.15, -0.1) is 0 Å². The van der Waals surface area contributed by atoms with Crippen molar-refractivity contribution in [2.24, 2.45) is 0 Å². The molecule has 0 amide bonds. The lowest BCUT2D eigenvalue weighted by Crippen LogP contribution is -2.30. The van der Waals surface area contributed by atoms with Crippen LogP contribution >= 0.6 is 0 Å². The minimum atomic E-state index is -0.00435. The highest BCUT2D eigenvalue weighted by Gasteiger charge is 2.13. The van der Waals surface area contributed by atoms with Gasteiger partial charge < -0.3 is 10.2 Å². The van der Waals surface area contributed by atoms with Crippen LogP contribution in [0.4, 0.5) is 5.82 Å². The molecule has 0 radical (unpaired) electrons. The molecule has 3 rings (SSSR count). The van der Waals surface area contributed by atoms with Gasteiger partial charge >= 0.3 is 0 Å². The van der Waals surface area contributed by atoms with E-state index in [1.165, 1.54) is 0 Å². The van der Waals surface area contributed by atoms with Crippen molar-refractivity contribution in [3.05, 3.63) is 40.3 Å². The molecule has 0 aliphatic carbocycles. The van der Waals surface area contributed by atoms with Gasteiger partial charge in [-0.05, 0) is 32.0 Å². The number of nitrogens with zero attached hydrogens (tertiary/aromatic N) is 3. The van der Waals surface area contributed by atoms with E-state index in [1.54, 1.807) is 10.5 Å². The van der Waals surface area contributed by atoms with Gasteiger partial charge in [-0.3, -0.25) is 9.20 Å². The Morgan fingerprint density at radius 1 is 1.26 bits per heavy atom. The predicted molar refractivity (Wildman–Crippen MR) is 75.9 cm³/mol. The van der Waals surface area contributed by atoms with Crippen LogP contribution in [0.5, 0.6) is 0 Å². The maximum absolute atomic E-state index is 12.2. The predicted octanol–water partition coefficient (Wildman–Crippen LogP) is 0.803. The third kappa shape index (κ3) is 2.33. The number of hydrogen-bond donors (Lipinski definition) is 1. The number of anilines is 1. The Hall–Kier alpha value is -1.88. The maximum atomic E-state index is 12.2. The minimum Gasteiger partial charge on any atom is -0.355 e. The summed E-state index contributed by atoms with van der Waals surface area (Å²) in [4.78, 5) is 19.0. The highest BCUT2D eigenvalue weighted by atomic mass is 16.1. The fraction of sp³-hybridized carbons (Fsp3) is 0.429. The van der Waals surface area contributed by atoms with Gasteiger partial charge in [0.1, 0.15) is 11.5 Å². The lowest BCUT2D eigenvalue weighted by molar-refractivity contribution is 0.724. The van der Waals surface area contributed by atoms with Crippen molar-refractivity contribution in [1.29, 1.82) is 0 Å². The van der Waals surface area contributed by atoms with E-state index < -0.39 is 0 Å². The summed E-state index contributed by atoms with van der Waals surface area (Å²) in [6.45, 7) is 5.73. The molecule has 100 valence electrons. The summed E-state index contributed by atoms with van der Waals surface area (Å²) < 4.78 is 1.65. The summed E-state index contributed by atoms with van der Waals surface area (Å²) in [6, 6.07) is 7.38. The van der Waals surface area contributed by atoms with Crippen LogP contribution < -0.4 is 15.8 Å². The Balaban J connectivity index is 2.08. The van der Waals surface area contributed by atoms with Crippen molar-refractivity contribution in [2.75, 3.05) is 31.1 Å². The van der Waals surface area contributed by atoms with Crippen molar-refractivity contribution in [3.63, 3.8) is 0 Å². The van der Waals surface area contributed by atoms with Crippen LogP contribution in [0.15, 0.2) is 29.1 Å². The monoisotopic (exact) mass is 258 g/mol. The molecule has 1 fully saturated rings. The van der Waals surface area contributed by atoms with Gasteiger partial charge in [-0.1, -0.05) is 6.07 Å². The largest absolute Gasteiger partial charge is 0.355 e. The lowest BCUT2D eigenvalue weighted by Gasteiger charge is -2.21. The molecule has 5 heteroatoms. The van der Waals surface area contributed by atoms with E-state index in [2.05, 4.69) is 15.2 Å². The van der Waals surface area contributed by atoms with Crippen molar-refractivity contribution in [2.45, 2.75) is 13.3 Å². The smallest absolute Gasteiger partial charge is 0.260 e. The first kappa shape index (κ1) is 12.2. The van der Waals surface area contributed by atoms with Gasteiger partial charge in [0.15, 0.2) is 0 Å². The fourth-order valence-electron chi connectivity index (χ4n) is 2.54. The molecule has 5 nitrogen and oxygen atoms in total. The summed E-state index contributed by atoms with van der Waals surface area (Å²) in [7, 11) is 0. The Bertz CT molecular complexity index is 641. The van der Waals surface area contributed by atoms with E-state index in [4.69, 9.17) is 0 Å². The van der Waals surface area contributed by atoms with Gasteiger partial charge in [0.25, 0.3) is 5.56 Å². The highest BCUT2D eigenvalue weighted by molar-refractivity contribution is 5.49. The molecule has 0 spiro atoms. The average Bonchev–Trinajstić information content (AvgIpc) is 2.67. The van der Waals surface area contributed by atoms with Crippen molar-refractivity contribution >= 4 is 11.5 Å². The van der Waals surface area contributed by atoms with E-state index in [-0.39, 0.29) is 5.56 Å². The quantitative estimate of drug-likeness (QED) is 0.822. The Morgan fingerprint density at radius 2 is 2.16 bits per heavy atom. The second kappa shape index (κ2) is 5.01. The van der Waals surface area contributed by atoms with E-state index in [0.29, 0.717) is 0 Å². The topological polar surface area (TPSA) is 49.6 Å². The first-order valence-electron chi connectivity index (χ1n) is 6.71. The average molecular weight is 258 g/mol. The second-order valence-electron chi connectivity index (χ2n) is 4.90. The van der Waals surface area contributed by atoms with E-state index in [1.807, 2.05) is 25.1 Å². The van der Waals surface area contributed by atoms with Crippen LogP contribution in [0.25, 0.3) is 5.65 Å². The van der Waals surface area contributed by atoms with Gasteiger partial charge in [0, 0.05) is 31.4 Å². The zero-order chi connectivity index (χ0) is 13.2. The third-order valence-electron chi connectivity index (χ3n) is 3.53. The Labute approximate surface area is 111 Å². The molecular weight excluding hydrogens is 240 g/mol. The molecule has 0 aromatic carbocycles. The number of rotatable bonds is 1. The molecule has 1 aliphatic heterocycles. The number of aromatic nitrogens is 2. The molecule has 0 atom stereocenters. The van der Waals surface area contributed by atoms with E-state index in [0.717, 1.165) is 49.8 Å². The molecule has 1 N–H and O–H groups in total. The molecule has 0 saturated carbocycles. The summed E-state index contributed by atoms with van der Waals surface area (Å²) in [6.07, 6.45) is 1.08. The fourth-order valence-corrected chi connectivity index (χ4v) is 2.54. The van der Waals surface area contributed by atoms with Gasteiger partial charge in [-0.2, -0.15) is 0 Å². The standard InChI is InChI=1S/C14H18N4O/c1-11-4-2-5-12-16-13(10-14(19)18(11)12)17-8-3-6-15-7-9-17/h2,4-5,10,15H,3,6-9H2,1H3. The van der Waals surface area contributed by atoms with Crippen LogP contribution in [-0.4, -0.2) is 35.6 Å². The molecule has 1 aliphatic rings. The number of aryl methyl sites for hydroxylation is 1. The molecular formula is C14H18N4O. The number of fused-ring (bicyclic) bond motifs is 1. The van der Waals surface area contributed by atoms with Crippen molar-refractivity contribution < 1.29 is 0 Å². The Morgan fingerprint density at radius 3 is 3.05 bits per heavy atom. The van der Waals surface area contributed by atoms with Crippen molar-refractivity contribution in [1.82, 2.24) is 14.7 Å². The Kier molecular flexibility index (Phi) is 3.21. The number of nitrogens with one attached hydrogen (secondary N) is 1. The van der Waals surface area contributed by atoms with E-state index >= 15 is 0 Å². The lowest BCUT2D eigenvalue weighted by atomic mass is 10.3. The summed E-state index contributed by atoms with van der Waals surface area (Å²) >= 11 is 0. The summed E-state index contributed by atoms with van der Waals surface area (Å²) in [5.41, 5.74) is 1.63. The molecule has 2 aromatic heterocycles. The molecule has 0 bridgehead atoms. The van der Waals surface area contributed by atoms with Gasteiger partial charge in [0.2, 0.25) is 0 Å². The van der Waals surface area contributed by atoms with E-state index in [9.17, 15) is 4.79 Å². The van der Waals surface area contributed by atoms with Gasteiger partial charge in [-0.25, -0.2) is 4.98 Å². The molecule has 0 unspecified atom stereocenters. The van der Waals surface area contributed by atoms with Crippen LogP contribution in [0.3, 0.4) is 0 Å². The molecule has 3 heterocycles. The third-order valence-corrected chi connectivity index (χ3v) is 3.53. The zero-order valence-electron chi connectivity index (χ0n) is 11.1. The van der Waals surface area contributed by atoms with Crippen LogP contribution in [0.2, 0.25) is 0 Å². The first-order chi connectivity index (χ1) is 9.25. The molecule has 2 aromatic rings. The number of pyridine rings is 1. The van der Waals surface area contributed by atoms with Gasteiger partial charge in [0.05, 0.1) is 0 Å². The molecule has 1 saturated heterocycles. The first-order valence-corrected chi connectivity index (χ1v) is 6.71. The second-order valence-corrected chi connectivity index (χ2v) is 4.90. The van der Waals surface area contributed by atoms with Crippen molar-refractivity contribution in [3.8, 4) is 0 Å².